The van der Waals surface area contributed by atoms with Crippen LogP contribution in [0.1, 0.15) is 10.4 Å². The highest BCUT2D eigenvalue weighted by Gasteiger charge is 2.34. The molecule has 0 saturated heterocycles. The molecule has 0 heterocycles. The Morgan fingerprint density at radius 3 is 2.40 bits per heavy atom. The Bertz CT molecular complexity index is 536. The van der Waals surface area contributed by atoms with Crippen molar-refractivity contribution in [2.45, 2.75) is 6.18 Å². The molecular weight excluding hydrogens is 366 g/mol. The zero-order valence-electron chi connectivity index (χ0n) is 9.75. The molecule has 0 aliphatic heterocycles. The Labute approximate surface area is 125 Å². The summed E-state index contributed by atoms with van der Waals surface area (Å²) in [5, 5.41) is 8.86. The van der Waals surface area contributed by atoms with Gasteiger partial charge in [-0.3, -0.25) is 9.59 Å². The third-order valence-corrected chi connectivity index (χ3v) is 3.36. The fraction of sp³-hybridized carbons (Fsp3) is 0.273. The number of aliphatic carboxylic acids is 1. The Hall–Kier alpha value is -1.28. The van der Waals surface area contributed by atoms with E-state index in [4.69, 9.17) is 16.7 Å². The van der Waals surface area contributed by atoms with E-state index in [1.54, 1.807) is 0 Å². The molecule has 0 spiro atoms. The molecule has 0 atom stereocenters. The van der Waals surface area contributed by atoms with Crippen molar-refractivity contribution >= 4 is 39.4 Å². The maximum Gasteiger partial charge on any atom is 0.406 e. The van der Waals surface area contributed by atoms with Crippen LogP contribution in [0.15, 0.2) is 22.7 Å². The highest BCUT2D eigenvalue weighted by Crippen LogP contribution is 2.24. The number of hydrogen-bond donors (Lipinski definition) is 1. The lowest BCUT2D eigenvalue weighted by Gasteiger charge is -2.22. The Morgan fingerprint density at radius 2 is 1.95 bits per heavy atom. The van der Waals surface area contributed by atoms with Gasteiger partial charge in [-0.2, -0.15) is 13.2 Å². The topological polar surface area (TPSA) is 57.6 Å². The summed E-state index contributed by atoms with van der Waals surface area (Å²) in [7, 11) is 0. The number of halogens is 5. The van der Waals surface area contributed by atoms with Crippen LogP contribution in [0.5, 0.6) is 0 Å². The number of carbonyl (C=O) groups excluding carboxylic acids is 1. The number of carbonyl (C=O) groups is 2. The minimum absolute atomic E-state index is 0.0909. The smallest absolute Gasteiger partial charge is 0.406 e. The number of carboxylic acids is 1. The van der Waals surface area contributed by atoms with Gasteiger partial charge in [0.05, 0.1) is 5.02 Å². The van der Waals surface area contributed by atoms with Crippen LogP contribution in [-0.4, -0.2) is 41.1 Å². The molecule has 0 bridgehead atoms. The van der Waals surface area contributed by atoms with Gasteiger partial charge in [0, 0.05) is 10.0 Å². The molecule has 1 aromatic rings. The van der Waals surface area contributed by atoms with E-state index in [1.807, 2.05) is 0 Å². The van der Waals surface area contributed by atoms with E-state index in [0.29, 0.717) is 4.47 Å². The lowest BCUT2D eigenvalue weighted by Crippen LogP contribution is -2.42. The first-order chi connectivity index (χ1) is 9.10. The zero-order chi connectivity index (χ0) is 15.5. The summed E-state index contributed by atoms with van der Waals surface area (Å²) in [5.41, 5.74) is -0.0909. The Morgan fingerprint density at radius 1 is 1.35 bits per heavy atom. The minimum atomic E-state index is -4.69. The quantitative estimate of drug-likeness (QED) is 0.880. The van der Waals surface area contributed by atoms with E-state index >= 15 is 0 Å². The third kappa shape index (κ3) is 5.01. The molecule has 0 radical (unpaired) electrons. The van der Waals surface area contributed by atoms with Crippen LogP contribution in [-0.2, 0) is 4.79 Å². The molecule has 0 saturated carbocycles. The van der Waals surface area contributed by atoms with Crippen molar-refractivity contribution in [3.05, 3.63) is 33.3 Å². The van der Waals surface area contributed by atoms with Crippen molar-refractivity contribution < 1.29 is 27.9 Å². The third-order valence-electron chi connectivity index (χ3n) is 2.15. The van der Waals surface area contributed by atoms with E-state index in [2.05, 4.69) is 15.9 Å². The average Bonchev–Trinajstić information content (AvgIpc) is 2.28. The Balaban J connectivity index is 3.02. The summed E-state index contributed by atoms with van der Waals surface area (Å²) in [6.45, 7) is -2.68. The number of alkyl halides is 3. The van der Waals surface area contributed by atoms with E-state index < -0.39 is 31.1 Å². The second-order valence-corrected chi connectivity index (χ2v) is 5.06. The number of benzene rings is 1. The molecule has 20 heavy (non-hydrogen) atoms. The van der Waals surface area contributed by atoms with Crippen LogP contribution in [0.3, 0.4) is 0 Å². The molecular formula is C11H8BrClF3NO3. The number of nitrogens with zero attached hydrogens (tertiary/aromatic N) is 1. The van der Waals surface area contributed by atoms with Crippen LogP contribution in [0.2, 0.25) is 5.02 Å². The van der Waals surface area contributed by atoms with Crippen LogP contribution in [0, 0.1) is 0 Å². The molecule has 1 amide bonds. The summed E-state index contributed by atoms with van der Waals surface area (Å²) < 4.78 is 37.4. The van der Waals surface area contributed by atoms with Crippen molar-refractivity contribution in [1.82, 2.24) is 4.90 Å². The van der Waals surface area contributed by atoms with Gasteiger partial charge in [0.1, 0.15) is 13.1 Å². The number of hydrogen-bond acceptors (Lipinski definition) is 2. The van der Waals surface area contributed by atoms with Crippen LogP contribution >= 0.6 is 27.5 Å². The second kappa shape index (κ2) is 6.45. The predicted octanol–water partition coefficient (Wildman–Crippen LogP) is 3.19. The maximum atomic E-state index is 12.4. The highest BCUT2D eigenvalue weighted by molar-refractivity contribution is 9.10. The lowest BCUT2D eigenvalue weighted by atomic mass is 10.2. The van der Waals surface area contributed by atoms with E-state index in [1.165, 1.54) is 18.2 Å². The largest absolute Gasteiger partial charge is 0.480 e. The van der Waals surface area contributed by atoms with Gasteiger partial charge in [-0.25, -0.2) is 0 Å². The second-order valence-electron chi connectivity index (χ2n) is 3.80. The van der Waals surface area contributed by atoms with Gasteiger partial charge in [-0.15, -0.1) is 0 Å². The molecule has 110 valence electrons. The number of rotatable bonds is 4. The van der Waals surface area contributed by atoms with Crippen molar-refractivity contribution in [1.29, 1.82) is 0 Å². The molecule has 0 unspecified atom stereocenters. The van der Waals surface area contributed by atoms with Gasteiger partial charge < -0.3 is 10.0 Å². The van der Waals surface area contributed by atoms with Crippen molar-refractivity contribution in [2.24, 2.45) is 0 Å². The molecule has 1 N–H and O–H groups in total. The van der Waals surface area contributed by atoms with Crippen LogP contribution in [0.25, 0.3) is 0 Å². The molecule has 0 aliphatic rings. The van der Waals surface area contributed by atoms with Crippen molar-refractivity contribution in [3.63, 3.8) is 0 Å². The first-order valence-corrected chi connectivity index (χ1v) is 6.30. The lowest BCUT2D eigenvalue weighted by molar-refractivity contribution is -0.149. The Kier molecular flexibility index (Phi) is 5.41. The van der Waals surface area contributed by atoms with E-state index in [0.717, 1.165) is 0 Å². The summed E-state index contributed by atoms with van der Waals surface area (Å²) in [6.07, 6.45) is -4.69. The van der Waals surface area contributed by atoms with Gasteiger partial charge >= 0.3 is 12.1 Å². The van der Waals surface area contributed by atoms with Gasteiger partial charge in [-0.05, 0) is 34.1 Å². The summed E-state index contributed by atoms with van der Waals surface area (Å²) in [5.74, 6) is -2.57. The standard InChI is InChI=1S/C11H8BrClF3NO3/c12-7-3-6(1-2-8(7)13)10(20)17(4-9(18)19)5-11(14,15)16/h1-3H,4-5H2,(H,18,19). The molecule has 0 fully saturated rings. The maximum absolute atomic E-state index is 12.4. The monoisotopic (exact) mass is 373 g/mol. The van der Waals surface area contributed by atoms with Crippen LogP contribution < -0.4 is 0 Å². The minimum Gasteiger partial charge on any atom is -0.480 e. The van der Waals surface area contributed by atoms with Gasteiger partial charge in [0.2, 0.25) is 0 Å². The predicted molar refractivity (Wildman–Crippen MR) is 68.7 cm³/mol. The zero-order valence-corrected chi connectivity index (χ0v) is 12.1. The van der Waals surface area contributed by atoms with Crippen LogP contribution in [0.4, 0.5) is 13.2 Å². The van der Waals surface area contributed by atoms with Gasteiger partial charge in [0.15, 0.2) is 0 Å². The average molecular weight is 375 g/mol. The fourth-order valence-corrected chi connectivity index (χ4v) is 1.89. The summed E-state index contributed by atoms with van der Waals surface area (Å²) in [6, 6.07) is 3.78. The summed E-state index contributed by atoms with van der Waals surface area (Å²) >= 11 is 8.74. The van der Waals surface area contributed by atoms with E-state index in [-0.39, 0.29) is 15.5 Å². The van der Waals surface area contributed by atoms with Crippen molar-refractivity contribution in [3.8, 4) is 0 Å². The number of amides is 1. The summed E-state index contributed by atoms with van der Waals surface area (Å²) in [4.78, 5) is 22.7. The molecule has 0 aromatic heterocycles. The molecule has 4 nitrogen and oxygen atoms in total. The van der Waals surface area contributed by atoms with Crippen molar-refractivity contribution in [2.75, 3.05) is 13.1 Å². The molecule has 0 aliphatic carbocycles. The highest BCUT2D eigenvalue weighted by atomic mass is 79.9. The molecule has 9 heteroatoms. The van der Waals surface area contributed by atoms with Gasteiger partial charge in [0.25, 0.3) is 5.91 Å². The first kappa shape index (κ1) is 16.8. The molecule has 1 rings (SSSR count). The van der Waals surface area contributed by atoms with Gasteiger partial charge in [-0.1, -0.05) is 11.6 Å². The van der Waals surface area contributed by atoms with E-state index in [9.17, 15) is 22.8 Å². The SMILES string of the molecule is O=C(O)CN(CC(F)(F)F)C(=O)c1ccc(Cl)c(Br)c1. The molecule has 1 aromatic carbocycles. The fourth-order valence-electron chi connectivity index (χ4n) is 1.39. The normalized spacial score (nSPS) is 11.2. The first-order valence-electron chi connectivity index (χ1n) is 5.13. The number of carboxylic acid groups (broad SMARTS) is 1.